The van der Waals surface area contributed by atoms with Crippen molar-refractivity contribution in [3.63, 3.8) is 0 Å². The Balaban J connectivity index is 2.58. The fraction of sp³-hybridized carbons (Fsp3) is 0.611. The van der Waals surface area contributed by atoms with Crippen LogP contribution < -0.4 is 15.2 Å². The highest BCUT2D eigenvalue weighted by Crippen LogP contribution is 2.27. The van der Waals surface area contributed by atoms with E-state index in [0.717, 1.165) is 42.7 Å². The van der Waals surface area contributed by atoms with Crippen molar-refractivity contribution in [2.24, 2.45) is 17.6 Å². The van der Waals surface area contributed by atoms with E-state index in [1.807, 2.05) is 18.2 Å². The first kappa shape index (κ1) is 19.3. The highest BCUT2D eigenvalue weighted by molar-refractivity contribution is 5.70. The monoisotopic (exact) mass is 323 g/mol. The summed E-state index contributed by atoms with van der Waals surface area (Å²) in [4.78, 5) is 11.1. The van der Waals surface area contributed by atoms with E-state index in [2.05, 4.69) is 6.92 Å². The number of carboxylic acids is 1. The van der Waals surface area contributed by atoms with Gasteiger partial charge in [-0.15, -0.1) is 0 Å². The van der Waals surface area contributed by atoms with E-state index < -0.39 is 11.9 Å². The molecular weight excluding hydrogens is 294 g/mol. The summed E-state index contributed by atoms with van der Waals surface area (Å²) in [6.07, 6.45) is 4.48. The molecule has 0 amide bonds. The molecule has 3 N–H and O–H groups in total. The largest absolute Gasteiger partial charge is 0.497 e. The van der Waals surface area contributed by atoms with Gasteiger partial charge >= 0.3 is 5.97 Å². The Morgan fingerprint density at radius 2 is 2.04 bits per heavy atom. The lowest BCUT2D eigenvalue weighted by Crippen LogP contribution is -2.25. The number of ether oxygens (including phenoxy) is 2. The lowest BCUT2D eigenvalue weighted by molar-refractivity contribution is -0.142. The van der Waals surface area contributed by atoms with Crippen molar-refractivity contribution in [1.82, 2.24) is 0 Å². The second-order valence-corrected chi connectivity index (χ2v) is 5.85. The third-order valence-corrected chi connectivity index (χ3v) is 4.38. The molecule has 5 nitrogen and oxygen atoms in total. The maximum atomic E-state index is 11.1. The molecule has 0 aliphatic carbocycles. The van der Waals surface area contributed by atoms with Crippen LogP contribution in [-0.2, 0) is 11.2 Å². The summed E-state index contributed by atoms with van der Waals surface area (Å²) in [6.45, 7) is 2.31. The van der Waals surface area contributed by atoms with Crippen molar-refractivity contribution >= 4 is 5.97 Å². The number of aryl methyl sites for hydroxylation is 1. The molecule has 2 atom stereocenters. The second-order valence-electron chi connectivity index (χ2n) is 5.85. The fourth-order valence-electron chi connectivity index (χ4n) is 2.85. The van der Waals surface area contributed by atoms with Gasteiger partial charge in [-0.25, -0.2) is 0 Å². The molecule has 130 valence electrons. The normalized spacial score (nSPS) is 13.4. The smallest absolute Gasteiger partial charge is 0.307 e. The zero-order valence-electron chi connectivity index (χ0n) is 14.4. The standard InChI is InChI=1S/C18H29NO4/c1-4-13(10-15(12-19)18(20)21)6-5-7-14-11-16(22-2)8-9-17(14)23-3/h8-9,11,13,15H,4-7,10,12,19H2,1-3H3,(H,20,21). The van der Waals surface area contributed by atoms with E-state index in [4.69, 9.17) is 20.3 Å². The van der Waals surface area contributed by atoms with Crippen LogP contribution in [0.1, 0.15) is 38.2 Å². The minimum absolute atomic E-state index is 0.204. The van der Waals surface area contributed by atoms with Gasteiger partial charge in [-0.05, 0) is 48.9 Å². The average Bonchev–Trinajstić information content (AvgIpc) is 2.57. The lowest BCUT2D eigenvalue weighted by atomic mass is 9.88. The first-order chi connectivity index (χ1) is 11.0. The van der Waals surface area contributed by atoms with Crippen LogP contribution in [0.3, 0.4) is 0 Å². The molecule has 0 bridgehead atoms. The Bertz CT molecular complexity index is 490. The number of nitrogens with two attached hydrogens (primary N) is 1. The van der Waals surface area contributed by atoms with Crippen molar-refractivity contribution in [2.45, 2.75) is 39.0 Å². The number of methoxy groups -OCH3 is 2. The zero-order chi connectivity index (χ0) is 17.2. The summed E-state index contributed by atoms with van der Waals surface area (Å²) in [5.41, 5.74) is 6.68. The maximum absolute atomic E-state index is 11.1. The van der Waals surface area contributed by atoms with Crippen molar-refractivity contribution < 1.29 is 19.4 Å². The summed E-state index contributed by atoms with van der Waals surface area (Å²) in [6, 6.07) is 5.80. The van der Waals surface area contributed by atoms with Gasteiger partial charge in [-0.3, -0.25) is 4.79 Å². The molecule has 23 heavy (non-hydrogen) atoms. The van der Waals surface area contributed by atoms with Gasteiger partial charge in [0, 0.05) is 6.54 Å². The van der Waals surface area contributed by atoms with E-state index >= 15 is 0 Å². The quantitative estimate of drug-likeness (QED) is 0.654. The van der Waals surface area contributed by atoms with E-state index in [1.165, 1.54) is 0 Å². The molecule has 0 fully saturated rings. The first-order valence-electron chi connectivity index (χ1n) is 8.19. The molecule has 0 aliphatic rings. The molecule has 0 spiro atoms. The van der Waals surface area contributed by atoms with Gasteiger partial charge in [-0.2, -0.15) is 0 Å². The molecule has 0 saturated heterocycles. The highest BCUT2D eigenvalue weighted by atomic mass is 16.5. The van der Waals surface area contributed by atoms with E-state index in [9.17, 15) is 4.79 Å². The van der Waals surface area contributed by atoms with Crippen molar-refractivity contribution in [3.05, 3.63) is 23.8 Å². The van der Waals surface area contributed by atoms with E-state index in [1.54, 1.807) is 14.2 Å². The maximum Gasteiger partial charge on any atom is 0.307 e. The topological polar surface area (TPSA) is 81.8 Å². The van der Waals surface area contributed by atoms with Crippen LogP contribution in [0.25, 0.3) is 0 Å². The van der Waals surface area contributed by atoms with Crippen LogP contribution in [0.15, 0.2) is 18.2 Å². The number of benzene rings is 1. The highest BCUT2D eigenvalue weighted by Gasteiger charge is 2.20. The molecule has 0 heterocycles. The van der Waals surface area contributed by atoms with Crippen molar-refractivity contribution in [2.75, 3.05) is 20.8 Å². The van der Waals surface area contributed by atoms with Gasteiger partial charge in [0.2, 0.25) is 0 Å². The molecule has 1 aromatic rings. The average molecular weight is 323 g/mol. The van der Waals surface area contributed by atoms with Gasteiger partial charge in [0.15, 0.2) is 0 Å². The minimum Gasteiger partial charge on any atom is -0.497 e. The van der Waals surface area contributed by atoms with Crippen LogP contribution in [0.4, 0.5) is 0 Å². The van der Waals surface area contributed by atoms with Crippen molar-refractivity contribution in [1.29, 1.82) is 0 Å². The number of carboxylic acid groups (broad SMARTS) is 1. The second kappa shape index (κ2) is 10.1. The van der Waals surface area contributed by atoms with Gasteiger partial charge in [-0.1, -0.05) is 19.8 Å². The number of aliphatic carboxylic acids is 1. The Morgan fingerprint density at radius 1 is 1.30 bits per heavy atom. The van der Waals surface area contributed by atoms with Crippen LogP contribution in [0, 0.1) is 11.8 Å². The number of carbonyl (C=O) groups is 1. The first-order valence-corrected chi connectivity index (χ1v) is 8.19. The number of hydrogen-bond acceptors (Lipinski definition) is 4. The fourth-order valence-corrected chi connectivity index (χ4v) is 2.85. The Labute approximate surface area is 138 Å². The van der Waals surface area contributed by atoms with Gasteiger partial charge in [0.25, 0.3) is 0 Å². The molecule has 5 heteroatoms. The molecule has 1 rings (SSSR count). The molecule has 0 aromatic heterocycles. The van der Waals surface area contributed by atoms with Gasteiger partial charge in [0.05, 0.1) is 20.1 Å². The molecule has 0 saturated carbocycles. The molecular formula is C18H29NO4. The predicted molar refractivity (Wildman–Crippen MR) is 91.1 cm³/mol. The Morgan fingerprint density at radius 3 is 2.57 bits per heavy atom. The number of hydrogen-bond donors (Lipinski definition) is 2. The van der Waals surface area contributed by atoms with Crippen LogP contribution in [0.2, 0.25) is 0 Å². The van der Waals surface area contributed by atoms with Crippen LogP contribution in [-0.4, -0.2) is 31.8 Å². The van der Waals surface area contributed by atoms with E-state index in [-0.39, 0.29) is 6.54 Å². The summed E-state index contributed by atoms with van der Waals surface area (Å²) in [5, 5.41) is 9.14. The molecule has 2 unspecified atom stereocenters. The zero-order valence-corrected chi connectivity index (χ0v) is 14.4. The predicted octanol–water partition coefficient (Wildman–Crippen LogP) is 3.10. The summed E-state index contributed by atoms with van der Waals surface area (Å²) in [5.74, 6) is 0.842. The third kappa shape index (κ3) is 6.10. The third-order valence-electron chi connectivity index (χ3n) is 4.38. The van der Waals surface area contributed by atoms with E-state index in [0.29, 0.717) is 12.3 Å². The lowest BCUT2D eigenvalue weighted by Gasteiger charge is -2.19. The molecule has 0 aliphatic heterocycles. The SMILES string of the molecule is CCC(CCCc1cc(OC)ccc1OC)CC(CN)C(=O)O. The summed E-state index contributed by atoms with van der Waals surface area (Å²) in [7, 11) is 3.32. The summed E-state index contributed by atoms with van der Waals surface area (Å²) < 4.78 is 10.7. The van der Waals surface area contributed by atoms with Crippen LogP contribution >= 0.6 is 0 Å². The minimum atomic E-state index is -0.791. The van der Waals surface area contributed by atoms with Crippen molar-refractivity contribution in [3.8, 4) is 11.5 Å². The molecule has 1 aromatic carbocycles. The Kier molecular flexibility index (Phi) is 8.48. The molecule has 0 radical (unpaired) electrons. The van der Waals surface area contributed by atoms with Gasteiger partial charge in [0.1, 0.15) is 11.5 Å². The van der Waals surface area contributed by atoms with Gasteiger partial charge < -0.3 is 20.3 Å². The number of rotatable bonds is 11. The summed E-state index contributed by atoms with van der Waals surface area (Å²) >= 11 is 0. The van der Waals surface area contributed by atoms with Crippen LogP contribution in [0.5, 0.6) is 11.5 Å². The Hall–Kier alpha value is -1.75.